The van der Waals surface area contributed by atoms with E-state index in [0.717, 1.165) is 33.5 Å². The van der Waals surface area contributed by atoms with Crippen molar-refractivity contribution >= 4 is 18.1 Å². The molecule has 0 saturated carbocycles. The van der Waals surface area contributed by atoms with Crippen molar-refractivity contribution in [2.75, 3.05) is 5.43 Å². The Balaban J connectivity index is 1.33. The van der Waals surface area contributed by atoms with Crippen LogP contribution in [0.25, 0.3) is 11.1 Å². The topological polar surface area (TPSA) is 36.8 Å². The lowest BCUT2D eigenvalue weighted by atomic mass is 10.0. The summed E-state index contributed by atoms with van der Waals surface area (Å²) in [5, 5.41) is 4.18. The van der Waals surface area contributed by atoms with Crippen LogP contribution >= 0.6 is 0 Å². The van der Waals surface area contributed by atoms with Crippen molar-refractivity contribution in [3.63, 3.8) is 0 Å². The average Bonchev–Trinajstić information content (AvgIpc) is 2.83. The zero-order chi connectivity index (χ0) is 22.2. The first-order valence-electron chi connectivity index (χ1n) is 10.2. The van der Waals surface area contributed by atoms with Gasteiger partial charge >= 0.3 is 0 Å². The molecule has 5 heteroatoms. The van der Waals surface area contributed by atoms with Gasteiger partial charge in [0, 0.05) is 6.21 Å². The van der Waals surface area contributed by atoms with Crippen LogP contribution < -0.4 is 5.43 Å². The van der Waals surface area contributed by atoms with Crippen LogP contribution in [0.2, 0.25) is 0 Å². The van der Waals surface area contributed by atoms with E-state index in [1.165, 1.54) is 24.3 Å². The largest absolute Gasteiger partial charge is 0.288 e. The Morgan fingerprint density at radius 3 is 1.66 bits per heavy atom. The van der Waals surface area contributed by atoms with E-state index in [2.05, 4.69) is 27.7 Å². The van der Waals surface area contributed by atoms with Gasteiger partial charge < -0.3 is 0 Å². The van der Waals surface area contributed by atoms with Crippen molar-refractivity contribution in [3.05, 3.63) is 125 Å². The number of anilines is 1. The molecular formula is C27H21F2N3. The summed E-state index contributed by atoms with van der Waals surface area (Å²) in [5.74, 6) is -0.518. The molecule has 0 aromatic heterocycles. The molecule has 0 aliphatic heterocycles. The minimum Gasteiger partial charge on any atom is -0.288 e. The lowest BCUT2D eigenvalue weighted by molar-refractivity contribution is 0.627. The van der Waals surface area contributed by atoms with Crippen molar-refractivity contribution in [2.45, 2.75) is 6.54 Å². The highest BCUT2D eigenvalue weighted by molar-refractivity contribution is 5.83. The van der Waals surface area contributed by atoms with Gasteiger partial charge in [0.15, 0.2) is 0 Å². The van der Waals surface area contributed by atoms with E-state index in [-0.39, 0.29) is 11.6 Å². The minimum absolute atomic E-state index is 0.240. The van der Waals surface area contributed by atoms with Gasteiger partial charge in [0.25, 0.3) is 0 Å². The van der Waals surface area contributed by atoms with Gasteiger partial charge in [-0.25, -0.2) is 8.78 Å². The van der Waals surface area contributed by atoms with E-state index < -0.39 is 0 Å². The molecule has 3 nitrogen and oxygen atoms in total. The molecule has 0 spiro atoms. The maximum Gasteiger partial charge on any atom is 0.123 e. The van der Waals surface area contributed by atoms with E-state index in [1.54, 1.807) is 30.5 Å². The molecule has 0 fully saturated rings. The fourth-order valence-corrected chi connectivity index (χ4v) is 3.08. The number of hydrogen-bond donors (Lipinski definition) is 1. The Bertz CT molecular complexity index is 1100. The number of nitrogens with one attached hydrogen (secondary N) is 1. The Morgan fingerprint density at radius 1 is 0.594 bits per heavy atom. The van der Waals surface area contributed by atoms with Crippen LogP contribution in [0.4, 0.5) is 14.5 Å². The molecule has 32 heavy (non-hydrogen) atoms. The van der Waals surface area contributed by atoms with E-state index in [9.17, 15) is 8.78 Å². The Hall–Kier alpha value is -4.12. The molecule has 1 N–H and O–H groups in total. The second-order valence-corrected chi connectivity index (χ2v) is 7.22. The van der Waals surface area contributed by atoms with Crippen LogP contribution in [0.5, 0.6) is 0 Å². The fourth-order valence-electron chi connectivity index (χ4n) is 3.08. The van der Waals surface area contributed by atoms with Crippen LogP contribution in [0, 0.1) is 11.6 Å². The smallest absolute Gasteiger partial charge is 0.123 e. The van der Waals surface area contributed by atoms with Gasteiger partial charge in [-0.2, -0.15) is 5.10 Å². The third kappa shape index (κ3) is 5.95. The highest BCUT2D eigenvalue weighted by atomic mass is 19.1. The number of nitrogens with zero attached hydrogens (tertiary/aromatic N) is 2. The molecule has 0 amide bonds. The molecule has 0 aliphatic carbocycles. The van der Waals surface area contributed by atoms with Crippen LogP contribution in [0.1, 0.15) is 16.7 Å². The van der Waals surface area contributed by atoms with Crippen LogP contribution in [0.15, 0.2) is 107 Å². The number of benzene rings is 4. The SMILES string of the molecule is Fc1ccc(CN=Cc2ccc(-c3ccc(/C=N/Nc4ccc(F)cc4)cc3)cc2)cc1. The number of hydrazone groups is 1. The number of hydrogen-bond acceptors (Lipinski definition) is 3. The number of halogens is 2. The minimum atomic E-state index is -0.277. The lowest BCUT2D eigenvalue weighted by Gasteiger charge is -2.03. The van der Waals surface area contributed by atoms with Crippen molar-refractivity contribution < 1.29 is 8.78 Å². The van der Waals surface area contributed by atoms with E-state index in [1.807, 2.05) is 42.6 Å². The average molecular weight is 425 g/mol. The lowest BCUT2D eigenvalue weighted by Crippen LogP contribution is -1.91. The highest BCUT2D eigenvalue weighted by Gasteiger charge is 1.99. The summed E-state index contributed by atoms with van der Waals surface area (Å²) < 4.78 is 25.9. The van der Waals surface area contributed by atoms with Gasteiger partial charge in [0.05, 0.1) is 18.4 Å². The summed E-state index contributed by atoms with van der Waals surface area (Å²) in [5.41, 5.74) is 8.73. The highest BCUT2D eigenvalue weighted by Crippen LogP contribution is 2.20. The summed E-state index contributed by atoms with van der Waals surface area (Å²) in [6.45, 7) is 0.515. The maximum absolute atomic E-state index is 12.9. The number of aliphatic imine (C=N–C) groups is 1. The molecule has 0 unspecified atom stereocenters. The van der Waals surface area contributed by atoms with Gasteiger partial charge in [-0.1, -0.05) is 60.7 Å². The summed E-state index contributed by atoms with van der Waals surface area (Å²) in [6, 6.07) is 28.6. The van der Waals surface area contributed by atoms with Gasteiger partial charge in [-0.15, -0.1) is 0 Å². The van der Waals surface area contributed by atoms with Crippen molar-refractivity contribution in [2.24, 2.45) is 10.1 Å². The van der Waals surface area contributed by atoms with Crippen molar-refractivity contribution in [1.29, 1.82) is 0 Å². The second kappa shape index (κ2) is 10.3. The van der Waals surface area contributed by atoms with E-state index in [4.69, 9.17) is 0 Å². The molecule has 0 heterocycles. The molecule has 4 aromatic rings. The molecule has 0 saturated heterocycles. The summed E-state index contributed by atoms with van der Waals surface area (Å²) in [4.78, 5) is 4.42. The van der Waals surface area contributed by atoms with Crippen LogP contribution in [-0.2, 0) is 6.54 Å². The quantitative estimate of drug-likeness (QED) is 0.260. The van der Waals surface area contributed by atoms with Crippen molar-refractivity contribution in [3.8, 4) is 11.1 Å². The summed E-state index contributed by atoms with van der Waals surface area (Å²) in [6.07, 6.45) is 3.54. The predicted octanol–water partition coefficient (Wildman–Crippen LogP) is 6.70. The molecule has 0 radical (unpaired) electrons. The molecule has 158 valence electrons. The Labute approximate surface area is 185 Å². The Morgan fingerprint density at radius 2 is 1.09 bits per heavy atom. The van der Waals surface area contributed by atoms with Crippen molar-refractivity contribution in [1.82, 2.24) is 0 Å². The molecule has 0 aliphatic rings. The van der Waals surface area contributed by atoms with Gasteiger partial charge in [-0.3, -0.25) is 10.4 Å². The van der Waals surface area contributed by atoms with Crippen LogP contribution in [0.3, 0.4) is 0 Å². The zero-order valence-electron chi connectivity index (χ0n) is 17.2. The molecule has 0 bridgehead atoms. The second-order valence-electron chi connectivity index (χ2n) is 7.22. The third-order valence-electron chi connectivity index (χ3n) is 4.83. The predicted molar refractivity (Wildman–Crippen MR) is 127 cm³/mol. The monoisotopic (exact) mass is 425 g/mol. The zero-order valence-corrected chi connectivity index (χ0v) is 17.2. The normalized spacial score (nSPS) is 11.3. The van der Waals surface area contributed by atoms with Gasteiger partial charge in [0.2, 0.25) is 0 Å². The first-order chi connectivity index (χ1) is 15.7. The molecule has 0 atom stereocenters. The maximum atomic E-state index is 12.9. The van der Waals surface area contributed by atoms with Gasteiger partial charge in [-0.05, 0) is 64.2 Å². The molecular weight excluding hydrogens is 404 g/mol. The standard InChI is InChI=1S/C27H21F2N3/c28-25-11-5-21(6-12-25)18-30-17-20-1-7-23(8-2-20)24-9-3-22(4-10-24)19-31-32-27-15-13-26(29)14-16-27/h1-17,19,32H,18H2/b30-17?,31-19+. The molecule has 4 aromatic carbocycles. The number of rotatable bonds is 7. The van der Waals surface area contributed by atoms with E-state index in [0.29, 0.717) is 6.54 Å². The molecule has 4 rings (SSSR count). The summed E-state index contributed by atoms with van der Waals surface area (Å²) >= 11 is 0. The van der Waals surface area contributed by atoms with Crippen LogP contribution in [-0.4, -0.2) is 12.4 Å². The third-order valence-corrected chi connectivity index (χ3v) is 4.83. The van der Waals surface area contributed by atoms with Gasteiger partial charge in [0.1, 0.15) is 11.6 Å². The van der Waals surface area contributed by atoms with E-state index >= 15 is 0 Å². The summed E-state index contributed by atoms with van der Waals surface area (Å²) in [7, 11) is 0. The fraction of sp³-hybridized carbons (Fsp3) is 0.0370. The first kappa shape index (κ1) is 21.1. The Kier molecular flexibility index (Phi) is 6.78. The first-order valence-corrected chi connectivity index (χ1v) is 10.2.